The zero-order chi connectivity index (χ0) is 17.5. The van der Waals surface area contributed by atoms with Crippen LogP contribution in [0.3, 0.4) is 0 Å². The molecule has 128 valence electrons. The minimum atomic E-state index is -0.144. The van der Waals surface area contributed by atoms with Crippen molar-refractivity contribution in [3.8, 4) is 5.75 Å². The number of carbonyl (C=O) groups excluding carboxylic acids is 1. The van der Waals surface area contributed by atoms with E-state index < -0.39 is 0 Å². The molecule has 7 nitrogen and oxygen atoms in total. The second-order valence-electron chi connectivity index (χ2n) is 5.56. The number of rotatable bonds is 7. The quantitative estimate of drug-likeness (QED) is 0.714. The molecule has 0 bridgehead atoms. The number of benzene rings is 1. The van der Waals surface area contributed by atoms with Crippen LogP contribution in [0, 0.1) is 0 Å². The molecule has 0 fully saturated rings. The predicted octanol–water partition coefficient (Wildman–Crippen LogP) is 2.13. The summed E-state index contributed by atoms with van der Waals surface area (Å²) >= 11 is 0. The van der Waals surface area contributed by atoms with Gasteiger partial charge in [0.15, 0.2) is 0 Å². The van der Waals surface area contributed by atoms with E-state index in [0.717, 1.165) is 17.0 Å². The molecule has 3 rings (SSSR count). The highest BCUT2D eigenvalue weighted by Gasteiger charge is 2.11. The van der Waals surface area contributed by atoms with E-state index in [1.807, 2.05) is 49.4 Å². The third-order valence-electron chi connectivity index (χ3n) is 3.62. The van der Waals surface area contributed by atoms with Crippen LogP contribution >= 0.6 is 0 Å². The van der Waals surface area contributed by atoms with Gasteiger partial charge in [-0.25, -0.2) is 9.67 Å². The van der Waals surface area contributed by atoms with E-state index in [-0.39, 0.29) is 18.5 Å². The fourth-order valence-corrected chi connectivity index (χ4v) is 2.35. The maximum Gasteiger partial charge on any atom is 0.242 e. The minimum absolute atomic E-state index is 0.127. The fraction of sp³-hybridized carbons (Fsp3) is 0.222. The third kappa shape index (κ3) is 4.87. The molecule has 7 heteroatoms. The molecule has 25 heavy (non-hydrogen) atoms. The molecule has 1 N–H and O–H groups in total. The molecule has 0 radical (unpaired) electrons. The number of pyridine rings is 1. The first-order chi connectivity index (χ1) is 12.2. The van der Waals surface area contributed by atoms with Crippen molar-refractivity contribution in [3.63, 3.8) is 0 Å². The van der Waals surface area contributed by atoms with E-state index in [1.165, 1.54) is 17.3 Å². The van der Waals surface area contributed by atoms with Gasteiger partial charge in [0.1, 0.15) is 31.6 Å². The second-order valence-corrected chi connectivity index (χ2v) is 5.56. The number of aromatic nitrogens is 4. The van der Waals surface area contributed by atoms with Crippen LogP contribution in [-0.2, 0) is 17.9 Å². The van der Waals surface area contributed by atoms with Crippen LogP contribution < -0.4 is 10.1 Å². The van der Waals surface area contributed by atoms with Gasteiger partial charge in [-0.15, -0.1) is 0 Å². The highest BCUT2D eigenvalue weighted by Crippen LogP contribution is 2.20. The Morgan fingerprint density at radius 3 is 2.96 bits per heavy atom. The van der Waals surface area contributed by atoms with Crippen molar-refractivity contribution in [3.05, 3.63) is 72.6 Å². The summed E-state index contributed by atoms with van der Waals surface area (Å²) in [5.41, 5.74) is 1.83. The monoisotopic (exact) mass is 337 g/mol. The summed E-state index contributed by atoms with van der Waals surface area (Å²) in [4.78, 5) is 20.1. The minimum Gasteiger partial charge on any atom is -0.487 e. The maximum absolute atomic E-state index is 12.1. The lowest BCUT2D eigenvalue weighted by Crippen LogP contribution is -2.30. The van der Waals surface area contributed by atoms with Crippen LogP contribution in [-0.4, -0.2) is 25.7 Å². The van der Waals surface area contributed by atoms with Crippen LogP contribution in [0.2, 0.25) is 0 Å². The Balaban J connectivity index is 1.57. The molecular formula is C18H19N5O2. The van der Waals surface area contributed by atoms with Gasteiger partial charge >= 0.3 is 0 Å². The first kappa shape index (κ1) is 16.6. The van der Waals surface area contributed by atoms with Gasteiger partial charge < -0.3 is 10.1 Å². The molecule has 0 saturated carbocycles. The van der Waals surface area contributed by atoms with Crippen molar-refractivity contribution in [1.82, 2.24) is 25.1 Å². The second kappa shape index (κ2) is 8.05. The SMILES string of the molecule is C[C@@H](NC(=O)Cn1cncn1)c1cccc(OCc2ccccn2)c1. The molecule has 0 unspecified atom stereocenters. The van der Waals surface area contributed by atoms with Crippen molar-refractivity contribution in [2.24, 2.45) is 0 Å². The molecule has 2 heterocycles. The standard InChI is InChI=1S/C18H19N5O2/c1-14(22-18(24)10-23-13-19-12-21-23)15-5-4-7-17(9-15)25-11-16-6-2-3-8-20-16/h2-9,12-14H,10-11H2,1H3,(H,22,24)/t14-/m1/s1. The molecular weight excluding hydrogens is 318 g/mol. The number of ether oxygens (including phenoxy) is 1. The molecule has 0 aliphatic heterocycles. The Hall–Kier alpha value is -3.22. The Morgan fingerprint density at radius 2 is 2.20 bits per heavy atom. The molecule has 3 aromatic rings. The summed E-state index contributed by atoms with van der Waals surface area (Å²) in [5.74, 6) is 0.610. The van der Waals surface area contributed by atoms with Gasteiger partial charge in [-0.1, -0.05) is 18.2 Å². The van der Waals surface area contributed by atoms with Crippen molar-refractivity contribution >= 4 is 5.91 Å². The van der Waals surface area contributed by atoms with Gasteiger partial charge in [-0.3, -0.25) is 9.78 Å². The highest BCUT2D eigenvalue weighted by molar-refractivity contribution is 5.76. The van der Waals surface area contributed by atoms with Crippen LogP contribution in [0.5, 0.6) is 5.75 Å². The Kier molecular flexibility index (Phi) is 5.36. The van der Waals surface area contributed by atoms with E-state index in [0.29, 0.717) is 6.61 Å². The molecule has 1 amide bonds. The molecule has 0 aliphatic carbocycles. The summed E-state index contributed by atoms with van der Waals surface area (Å²) in [6, 6.07) is 13.2. The van der Waals surface area contributed by atoms with Crippen molar-refractivity contribution in [2.75, 3.05) is 0 Å². The topological polar surface area (TPSA) is 81.9 Å². The lowest BCUT2D eigenvalue weighted by Gasteiger charge is -2.15. The fourth-order valence-electron chi connectivity index (χ4n) is 2.35. The zero-order valence-electron chi connectivity index (χ0n) is 13.9. The largest absolute Gasteiger partial charge is 0.487 e. The van der Waals surface area contributed by atoms with E-state index in [4.69, 9.17) is 4.74 Å². The van der Waals surface area contributed by atoms with E-state index in [1.54, 1.807) is 6.20 Å². The van der Waals surface area contributed by atoms with E-state index in [2.05, 4.69) is 20.4 Å². The predicted molar refractivity (Wildman–Crippen MR) is 91.6 cm³/mol. The smallest absolute Gasteiger partial charge is 0.242 e. The number of nitrogens with zero attached hydrogens (tertiary/aromatic N) is 4. The number of hydrogen-bond acceptors (Lipinski definition) is 5. The van der Waals surface area contributed by atoms with E-state index in [9.17, 15) is 4.79 Å². The van der Waals surface area contributed by atoms with Crippen LogP contribution in [0.15, 0.2) is 61.3 Å². The molecule has 0 aliphatic rings. The maximum atomic E-state index is 12.1. The van der Waals surface area contributed by atoms with Gasteiger partial charge in [-0.2, -0.15) is 5.10 Å². The number of nitrogens with one attached hydrogen (secondary N) is 1. The molecule has 0 saturated heterocycles. The normalized spacial score (nSPS) is 11.7. The first-order valence-electron chi connectivity index (χ1n) is 7.95. The van der Waals surface area contributed by atoms with E-state index >= 15 is 0 Å². The Bertz CT molecular complexity index is 805. The van der Waals surface area contributed by atoms with Gasteiger partial charge in [0.2, 0.25) is 5.91 Å². The average Bonchev–Trinajstić information content (AvgIpc) is 3.14. The number of amides is 1. The van der Waals surface area contributed by atoms with Gasteiger partial charge in [-0.05, 0) is 36.8 Å². The van der Waals surface area contributed by atoms with Gasteiger partial charge in [0.25, 0.3) is 0 Å². The average molecular weight is 337 g/mol. The van der Waals surface area contributed by atoms with Crippen LogP contribution in [0.25, 0.3) is 0 Å². The van der Waals surface area contributed by atoms with Crippen LogP contribution in [0.4, 0.5) is 0 Å². The summed E-state index contributed by atoms with van der Waals surface area (Å²) in [7, 11) is 0. The van der Waals surface area contributed by atoms with Crippen LogP contribution in [0.1, 0.15) is 24.2 Å². The lowest BCUT2D eigenvalue weighted by molar-refractivity contribution is -0.122. The first-order valence-corrected chi connectivity index (χ1v) is 7.95. The van der Waals surface area contributed by atoms with Crippen molar-refractivity contribution < 1.29 is 9.53 Å². The molecule has 0 spiro atoms. The number of carbonyl (C=O) groups is 1. The summed E-state index contributed by atoms with van der Waals surface area (Å²) in [5, 5.41) is 6.86. The summed E-state index contributed by atoms with van der Waals surface area (Å²) < 4.78 is 7.26. The Morgan fingerprint density at radius 1 is 1.28 bits per heavy atom. The molecule has 2 aromatic heterocycles. The van der Waals surface area contributed by atoms with Crippen molar-refractivity contribution in [2.45, 2.75) is 26.1 Å². The van der Waals surface area contributed by atoms with Crippen molar-refractivity contribution in [1.29, 1.82) is 0 Å². The number of hydrogen-bond donors (Lipinski definition) is 1. The molecule has 1 aromatic carbocycles. The Labute approximate surface area is 145 Å². The summed E-state index contributed by atoms with van der Waals surface area (Å²) in [6.45, 7) is 2.47. The molecule has 1 atom stereocenters. The third-order valence-corrected chi connectivity index (χ3v) is 3.62. The van der Waals surface area contributed by atoms with Gasteiger partial charge in [0, 0.05) is 6.20 Å². The summed E-state index contributed by atoms with van der Waals surface area (Å²) in [6.07, 6.45) is 4.65. The highest BCUT2D eigenvalue weighted by atomic mass is 16.5. The van der Waals surface area contributed by atoms with Gasteiger partial charge in [0.05, 0.1) is 11.7 Å². The lowest BCUT2D eigenvalue weighted by atomic mass is 10.1. The zero-order valence-corrected chi connectivity index (χ0v) is 13.9.